The molecule has 0 aliphatic heterocycles. The molecule has 2 aromatic carbocycles. The molecule has 0 aliphatic carbocycles. The van der Waals surface area contributed by atoms with Gasteiger partial charge < -0.3 is 15.8 Å². The van der Waals surface area contributed by atoms with E-state index >= 15 is 0 Å². The standard InChI is InChI=1S/C21H28N2O2/c1-15(2)10-11-25-20-12-16(3)4-7-18(20)14-23-21(24)13-17-5-8-19(22)9-6-17/h4-9,12,15H,10-11,13-14,22H2,1-3H3,(H,23,24). The molecule has 2 rings (SSSR count). The van der Waals surface area contributed by atoms with Crippen LogP contribution in [0.25, 0.3) is 0 Å². The Labute approximate surface area is 150 Å². The molecule has 0 fully saturated rings. The number of aryl methyl sites for hydroxylation is 1. The number of benzene rings is 2. The summed E-state index contributed by atoms with van der Waals surface area (Å²) in [6.45, 7) is 7.55. The smallest absolute Gasteiger partial charge is 0.224 e. The number of hydrogen-bond donors (Lipinski definition) is 2. The van der Waals surface area contributed by atoms with Gasteiger partial charge in [-0.1, -0.05) is 38.1 Å². The van der Waals surface area contributed by atoms with Crippen molar-refractivity contribution in [3.63, 3.8) is 0 Å². The van der Waals surface area contributed by atoms with E-state index in [9.17, 15) is 4.79 Å². The van der Waals surface area contributed by atoms with E-state index in [4.69, 9.17) is 10.5 Å². The molecule has 0 aliphatic rings. The van der Waals surface area contributed by atoms with E-state index in [1.807, 2.05) is 49.4 Å². The highest BCUT2D eigenvalue weighted by molar-refractivity contribution is 5.78. The van der Waals surface area contributed by atoms with E-state index in [0.29, 0.717) is 31.2 Å². The number of anilines is 1. The van der Waals surface area contributed by atoms with Crippen molar-refractivity contribution < 1.29 is 9.53 Å². The number of carbonyl (C=O) groups excluding carboxylic acids is 1. The molecule has 134 valence electrons. The Morgan fingerprint density at radius 2 is 1.88 bits per heavy atom. The number of hydrogen-bond acceptors (Lipinski definition) is 3. The van der Waals surface area contributed by atoms with Crippen LogP contribution in [0.3, 0.4) is 0 Å². The first-order valence-corrected chi connectivity index (χ1v) is 8.77. The molecule has 0 unspecified atom stereocenters. The van der Waals surface area contributed by atoms with Gasteiger partial charge >= 0.3 is 0 Å². The van der Waals surface area contributed by atoms with Crippen molar-refractivity contribution in [2.75, 3.05) is 12.3 Å². The zero-order valence-electron chi connectivity index (χ0n) is 15.3. The Morgan fingerprint density at radius 1 is 1.16 bits per heavy atom. The minimum absolute atomic E-state index is 0.0153. The van der Waals surface area contributed by atoms with Gasteiger partial charge in [-0.2, -0.15) is 0 Å². The Balaban J connectivity index is 1.92. The van der Waals surface area contributed by atoms with Gasteiger partial charge in [-0.25, -0.2) is 0 Å². The summed E-state index contributed by atoms with van der Waals surface area (Å²) >= 11 is 0. The second-order valence-electron chi connectivity index (χ2n) is 6.84. The van der Waals surface area contributed by atoms with Crippen LogP contribution in [-0.2, 0) is 17.8 Å². The van der Waals surface area contributed by atoms with Gasteiger partial charge in [0.05, 0.1) is 13.0 Å². The molecule has 0 bridgehead atoms. The second-order valence-corrected chi connectivity index (χ2v) is 6.84. The van der Waals surface area contributed by atoms with E-state index in [2.05, 4.69) is 19.2 Å². The first-order chi connectivity index (χ1) is 11.9. The van der Waals surface area contributed by atoms with Crippen LogP contribution in [0.2, 0.25) is 0 Å². The van der Waals surface area contributed by atoms with Gasteiger partial charge in [0.25, 0.3) is 0 Å². The molecule has 3 N–H and O–H groups in total. The van der Waals surface area contributed by atoms with Crippen molar-refractivity contribution in [3.05, 3.63) is 59.2 Å². The zero-order chi connectivity index (χ0) is 18.2. The molecule has 25 heavy (non-hydrogen) atoms. The Kier molecular flexibility index (Phi) is 6.87. The molecule has 0 radical (unpaired) electrons. The van der Waals surface area contributed by atoms with E-state index in [1.165, 1.54) is 0 Å². The lowest BCUT2D eigenvalue weighted by atomic mass is 10.1. The number of amides is 1. The van der Waals surface area contributed by atoms with Crippen LogP contribution in [0.15, 0.2) is 42.5 Å². The van der Waals surface area contributed by atoms with Gasteiger partial charge in [0.1, 0.15) is 5.75 Å². The van der Waals surface area contributed by atoms with E-state index in [0.717, 1.165) is 28.9 Å². The first kappa shape index (κ1) is 18.8. The van der Waals surface area contributed by atoms with Gasteiger partial charge in [0.2, 0.25) is 5.91 Å². The Morgan fingerprint density at radius 3 is 2.56 bits per heavy atom. The lowest BCUT2D eigenvalue weighted by Crippen LogP contribution is -2.25. The summed E-state index contributed by atoms with van der Waals surface area (Å²) in [5.41, 5.74) is 9.46. The maximum atomic E-state index is 12.2. The summed E-state index contributed by atoms with van der Waals surface area (Å²) in [5.74, 6) is 1.44. The fourth-order valence-electron chi connectivity index (χ4n) is 2.42. The molecule has 2 aromatic rings. The summed E-state index contributed by atoms with van der Waals surface area (Å²) < 4.78 is 5.93. The van der Waals surface area contributed by atoms with Crippen LogP contribution in [0.1, 0.15) is 37.0 Å². The number of nitrogens with two attached hydrogens (primary N) is 1. The summed E-state index contributed by atoms with van der Waals surface area (Å²) in [6, 6.07) is 13.5. The lowest BCUT2D eigenvalue weighted by Gasteiger charge is -2.14. The fourth-order valence-corrected chi connectivity index (χ4v) is 2.42. The maximum absolute atomic E-state index is 12.2. The van der Waals surface area contributed by atoms with Crippen molar-refractivity contribution in [2.45, 2.75) is 40.2 Å². The molecule has 0 saturated carbocycles. The predicted octanol–water partition coefficient (Wildman–Crippen LogP) is 3.86. The Hall–Kier alpha value is -2.49. The SMILES string of the molecule is Cc1ccc(CNC(=O)Cc2ccc(N)cc2)c(OCCC(C)C)c1. The highest BCUT2D eigenvalue weighted by Gasteiger charge is 2.08. The van der Waals surface area contributed by atoms with Crippen LogP contribution in [0.4, 0.5) is 5.69 Å². The number of nitrogen functional groups attached to an aromatic ring is 1. The number of nitrogens with one attached hydrogen (secondary N) is 1. The molecular formula is C21H28N2O2. The van der Waals surface area contributed by atoms with Crippen LogP contribution < -0.4 is 15.8 Å². The third-order valence-electron chi connectivity index (χ3n) is 4.00. The van der Waals surface area contributed by atoms with Crippen molar-refractivity contribution in [2.24, 2.45) is 5.92 Å². The van der Waals surface area contributed by atoms with Crippen LogP contribution in [0, 0.1) is 12.8 Å². The average molecular weight is 340 g/mol. The van der Waals surface area contributed by atoms with Gasteiger partial charge in [-0.3, -0.25) is 4.79 Å². The quantitative estimate of drug-likeness (QED) is 0.717. The second kappa shape index (κ2) is 9.11. The van der Waals surface area contributed by atoms with Gasteiger partial charge in [-0.05, 0) is 48.6 Å². The van der Waals surface area contributed by atoms with E-state index in [1.54, 1.807) is 0 Å². The first-order valence-electron chi connectivity index (χ1n) is 8.77. The summed E-state index contributed by atoms with van der Waals surface area (Å²) in [5, 5.41) is 2.97. The maximum Gasteiger partial charge on any atom is 0.224 e. The van der Waals surface area contributed by atoms with Crippen molar-refractivity contribution in [1.82, 2.24) is 5.32 Å². The summed E-state index contributed by atoms with van der Waals surface area (Å²) in [7, 11) is 0. The van der Waals surface area contributed by atoms with Crippen molar-refractivity contribution in [1.29, 1.82) is 0 Å². The third kappa shape index (κ3) is 6.49. The minimum atomic E-state index is -0.0153. The molecule has 4 heteroatoms. The van der Waals surface area contributed by atoms with Crippen molar-refractivity contribution >= 4 is 11.6 Å². The minimum Gasteiger partial charge on any atom is -0.493 e. The highest BCUT2D eigenvalue weighted by atomic mass is 16.5. The lowest BCUT2D eigenvalue weighted by molar-refractivity contribution is -0.120. The molecule has 0 saturated heterocycles. The number of ether oxygens (including phenoxy) is 1. The van der Waals surface area contributed by atoms with Crippen molar-refractivity contribution in [3.8, 4) is 5.75 Å². The highest BCUT2D eigenvalue weighted by Crippen LogP contribution is 2.21. The van der Waals surface area contributed by atoms with Gasteiger partial charge in [0.15, 0.2) is 0 Å². The topological polar surface area (TPSA) is 64.4 Å². The van der Waals surface area contributed by atoms with Crippen LogP contribution >= 0.6 is 0 Å². The molecule has 4 nitrogen and oxygen atoms in total. The predicted molar refractivity (Wildman–Crippen MR) is 103 cm³/mol. The summed E-state index contributed by atoms with van der Waals surface area (Å²) in [6.07, 6.45) is 1.35. The molecular weight excluding hydrogens is 312 g/mol. The fraction of sp³-hybridized carbons (Fsp3) is 0.381. The number of rotatable bonds is 8. The number of carbonyl (C=O) groups is 1. The van der Waals surface area contributed by atoms with Crippen LogP contribution in [0.5, 0.6) is 5.75 Å². The molecule has 0 spiro atoms. The molecule has 0 atom stereocenters. The zero-order valence-corrected chi connectivity index (χ0v) is 15.3. The molecule has 0 heterocycles. The third-order valence-corrected chi connectivity index (χ3v) is 4.00. The van der Waals surface area contributed by atoms with Crippen LogP contribution in [-0.4, -0.2) is 12.5 Å². The van der Waals surface area contributed by atoms with Gasteiger partial charge in [-0.15, -0.1) is 0 Å². The summed E-state index contributed by atoms with van der Waals surface area (Å²) in [4.78, 5) is 12.2. The van der Waals surface area contributed by atoms with E-state index in [-0.39, 0.29) is 5.91 Å². The Bertz CT molecular complexity index is 694. The van der Waals surface area contributed by atoms with E-state index < -0.39 is 0 Å². The largest absolute Gasteiger partial charge is 0.493 e. The average Bonchev–Trinajstić information content (AvgIpc) is 2.56. The molecule has 1 amide bonds. The monoisotopic (exact) mass is 340 g/mol. The molecule has 0 aromatic heterocycles. The normalized spacial score (nSPS) is 10.7. The van der Waals surface area contributed by atoms with Gasteiger partial charge in [0, 0.05) is 17.8 Å².